The molecule has 0 heterocycles. The summed E-state index contributed by atoms with van der Waals surface area (Å²) >= 11 is 0. The summed E-state index contributed by atoms with van der Waals surface area (Å²) in [6.45, 7) is 1.10. The molecule has 2 atom stereocenters. The molecular formula is C21H37O9P. The minimum Gasteiger partial charge on any atom is -0.463 e. The number of phosphoric ester groups is 1. The lowest BCUT2D eigenvalue weighted by molar-refractivity contribution is -0.267. The molecule has 0 aromatic heterocycles. The first-order chi connectivity index (χ1) is 14.8. The van der Waals surface area contributed by atoms with Crippen molar-refractivity contribution in [2.24, 2.45) is 0 Å². The van der Waals surface area contributed by atoms with E-state index in [1.165, 1.54) is 0 Å². The Hall–Kier alpha value is -1.32. The number of aliphatic hydroxyl groups excluding tert-OH is 1. The van der Waals surface area contributed by atoms with Crippen LogP contribution in [0.5, 0.6) is 0 Å². The van der Waals surface area contributed by atoms with E-state index in [4.69, 9.17) is 19.8 Å². The van der Waals surface area contributed by atoms with Crippen LogP contribution in [0.2, 0.25) is 0 Å². The second-order valence-corrected chi connectivity index (χ2v) is 8.24. The molecular weight excluding hydrogens is 427 g/mol. The molecule has 9 nitrogen and oxygen atoms in total. The van der Waals surface area contributed by atoms with E-state index in [1.807, 2.05) is 24.3 Å². The molecule has 0 bridgehead atoms. The number of esters is 1. The van der Waals surface area contributed by atoms with Gasteiger partial charge in [0.15, 0.2) is 0 Å². The maximum absolute atomic E-state index is 11.6. The molecule has 0 aromatic carbocycles. The fourth-order valence-corrected chi connectivity index (χ4v) is 2.87. The summed E-state index contributed by atoms with van der Waals surface area (Å²) in [5.74, 6) is -0.479. The molecule has 0 rings (SSSR count). The molecule has 0 spiro atoms. The first-order valence-corrected chi connectivity index (χ1v) is 12.1. The number of ether oxygens (including phenoxy) is 1. The number of unbranched alkanes of at least 4 members (excludes halogenated alkanes) is 4. The van der Waals surface area contributed by atoms with E-state index in [9.17, 15) is 14.5 Å². The third-order valence-corrected chi connectivity index (χ3v) is 4.61. The van der Waals surface area contributed by atoms with Gasteiger partial charge in [-0.2, -0.15) is 0 Å². The Morgan fingerprint density at radius 3 is 2.39 bits per heavy atom. The number of allylic oxidation sites excluding steroid dienone is 5. The molecule has 0 fully saturated rings. The lowest BCUT2D eigenvalue weighted by Crippen LogP contribution is -2.23. The van der Waals surface area contributed by atoms with Gasteiger partial charge in [0.25, 0.3) is 0 Å². The highest BCUT2D eigenvalue weighted by Gasteiger charge is 2.17. The fraction of sp³-hybridized carbons (Fsp3) is 0.667. The molecule has 0 radical (unpaired) electrons. The zero-order valence-corrected chi connectivity index (χ0v) is 19.1. The lowest BCUT2D eigenvalue weighted by atomic mass is 10.1. The van der Waals surface area contributed by atoms with Crippen LogP contribution in [0.1, 0.15) is 64.7 Å². The maximum Gasteiger partial charge on any atom is 0.469 e. The SMILES string of the molecule is CCC=CCC=CC=CC(CCCCCCCC(=O)OCC(O)COP(=O)(O)O)OO. The third-order valence-electron chi connectivity index (χ3n) is 4.12. The Balaban J connectivity index is 3.72. The maximum atomic E-state index is 11.6. The van der Waals surface area contributed by atoms with Gasteiger partial charge in [0.1, 0.15) is 18.8 Å². The standard InChI is InChI=1S/C21H37O9P/c1-2-3-4-5-6-8-11-14-20(30-24)15-12-9-7-10-13-16-21(23)28-17-19(22)18-29-31(25,26)27/h3-4,6,8,11,14,19-20,22,24H,2,5,7,9-10,12-13,15-18H2,1H3,(H2,25,26,27). The Labute approximate surface area is 184 Å². The second-order valence-electron chi connectivity index (χ2n) is 7.00. The Kier molecular flexibility index (Phi) is 18.5. The highest BCUT2D eigenvalue weighted by molar-refractivity contribution is 7.46. The number of aliphatic hydroxyl groups is 1. The van der Waals surface area contributed by atoms with Crippen molar-refractivity contribution >= 4 is 13.8 Å². The normalized spacial score (nSPS) is 14.6. The van der Waals surface area contributed by atoms with Crippen LogP contribution in [0.25, 0.3) is 0 Å². The predicted octanol–water partition coefficient (Wildman–Crippen LogP) is 4.06. The van der Waals surface area contributed by atoms with Crippen LogP contribution < -0.4 is 0 Å². The molecule has 0 aliphatic carbocycles. The van der Waals surface area contributed by atoms with Gasteiger partial charge in [-0.15, -0.1) is 0 Å². The van der Waals surface area contributed by atoms with Crippen molar-refractivity contribution in [1.82, 2.24) is 0 Å². The molecule has 0 saturated carbocycles. The van der Waals surface area contributed by atoms with Crippen molar-refractivity contribution in [3.8, 4) is 0 Å². The molecule has 31 heavy (non-hydrogen) atoms. The Morgan fingerprint density at radius 1 is 1.00 bits per heavy atom. The van der Waals surface area contributed by atoms with Gasteiger partial charge in [0, 0.05) is 6.42 Å². The van der Waals surface area contributed by atoms with Crippen LogP contribution in [0, 0.1) is 0 Å². The van der Waals surface area contributed by atoms with E-state index in [2.05, 4.69) is 28.5 Å². The monoisotopic (exact) mass is 464 g/mol. The van der Waals surface area contributed by atoms with Crippen molar-refractivity contribution < 1.29 is 43.7 Å². The summed E-state index contributed by atoms with van der Waals surface area (Å²) < 4.78 is 19.5. The largest absolute Gasteiger partial charge is 0.469 e. The smallest absolute Gasteiger partial charge is 0.463 e. The molecule has 0 aromatic rings. The van der Waals surface area contributed by atoms with Crippen molar-refractivity contribution in [1.29, 1.82) is 0 Å². The van der Waals surface area contributed by atoms with Gasteiger partial charge in [-0.25, -0.2) is 9.45 Å². The van der Waals surface area contributed by atoms with Crippen molar-refractivity contribution in [3.63, 3.8) is 0 Å². The average molecular weight is 464 g/mol. The van der Waals surface area contributed by atoms with Gasteiger partial charge in [-0.1, -0.05) is 69.1 Å². The number of rotatable bonds is 19. The van der Waals surface area contributed by atoms with E-state index in [-0.39, 0.29) is 19.1 Å². The van der Waals surface area contributed by atoms with Gasteiger partial charge in [-0.05, 0) is 25.7 Å². The molecule has 4 N–H and O–H groups in total. The summed E-state index contributed by atoms with van der Waals surface area (Å²) in [7, 11) is -4.65. The summed E-state index contributed by atoms with van der Waals surface area (Å²) in [4.78, 5) is 33.1. The van der Waals surface area contributed by atoms with Crippen molar-refractivity contribution in [2.45, 2.75) is 76.9 Å². The number of carbonyl (C=O) groups is 1. The van der Waals surface area contributed by atoms with E-state index < -0.39 is 26.5 Å². The fourth-order valence-electron chi connectivity index (χ4n) is 2.51. The zero-order valence-electron chi connectivity index (χ0n) is 18.2. The minimum atomic E-state index is -4.65. The highest BCUT2D eigenvalue weighted by Crippen LogP contribution is 2.35. The van der Waals surface area contributed by atoms with Crippen LogP contribution in [-0.4, -0.2) is 51.5 Å². The van der Waals surface area contributed by atoms with Crippen LogP contribution >= 0.6 is 7.82 Å². The molecule has 2 unspecified atom stereocenters. The summed E-state index contributed by atoms with van der Waals surface area (Å²) in [6.07, 6.45) is 17.2. The van der Waals surface area contributed by atoms with Crippen LogP contribution in [0.15, 0.2) is 36.5 Å². The quantitative estimate of drug-likeness (QED) is 0.0423. The van der Waals surface area contributed by atoms with Gasteiger partial charge < -0.3 is 19.6 Å². The zero-order chi connectivity index (χ0) is 23.4. The Morgan fingerprint density at radius 2 is 1.71 bits per heavy atom. The van der Waals surface area contributed by atoms with E-state index >= 15 is 0 Å². The van der Waals surface area contributed by atoms with Crippen molar-refractivity contribution in [2.75, 3.05) is 13.2 Å². The molecule has 0 amide bonds. The van der Waals surface area contributed by atoms with Crippen molar-refractivity contribution in [3.05, 3.63) is 36.5 Å². The summed E-state index contributed by atoms with van der Waals surface area (Å²) in [5, 5.41) is 18.4. The molecule has 10 heteroatoms. The van der Waals surface area contributed by atoms with E-state index in [0.717, 1.165) is 38.5 Å². The van der Waals surface area contributed by atoms with Gasteiger partial charge in [0.2, 0.25) is 0 Å². The van der Waals surface area contributed by atoms with E-state index in [0.29, 0.717) is 12.8 Å². The number of hydrogen-bond donors (Lipinski definition) is 4. The van der Waals surface area contributed by atoms with E-state index in [1.54, 1.807) is 0 Å². The molecule has 180 valence electrons. The Bertz CT molecular complexity index is 583. The van der Waals surface area contributed by atoms with Gasteiger partial charge in [0.05, 0.1) is 6.61 Å². The van der Waals surface area contributed by atoms with Gasteiger partial charge in [-0.3, -0.25) is 14.6 Å². The van der Waals surface area contributed by atoms with Gasteiger partial charge >= 0.3 is 13.8 Å². The predicted molar refractivity (Wildman–Crippen MR) is 117 cm³/mol. The number of phosphoric acid groups is 1. The second kappa shape index (κ2) is 19.4. The minimum absolute atomic E-state index is 0.205. The highest BCUT2D eigenvalue weighted by atomic mass is 31.2. The summed E-state index contributed by atoms with van der Waals surface area (Å²) in [6, 6.07) is 0. The molecule has 0 aliphatic heterocycles. The average Bonchev–Trinajstić information content (AvgIpc) is 2.72. The number of carbonyl (C=O) groups excluding carboxylic acids is 1. The number of hydrogen-bond acceptors (Lipinski definition) is 7. The van der Waals surface area contributed by atoms with Crippen LogP contribution in [0.3, 0.4) is 0 Å². The molecule has 0 saturated heterocycles. The topological polar surface area (TPSA) is 143 Å². The van der Waals surface area contributed by atoms with Crippen LogP contribution in [0.4, 0.5) is 0 Å². The first kappa shape index (κ1) is 29.7. The summed E-state index contributed by atoms with van der Waals surface area (Å²) in [5.41, 5.74) is 0. The molecule has 0 aliphatic rings. The third kappa shape index (κ3) is 21.7. The van der Waals surface area contributed by atoms with Crippen LogP contribution in [-0.2, 0) is 23.5 Å². The lowest BCUT2D eigenvalue weighted by Gasteiger charge is -2.12. The first-order valence-electron chi connectivity index (χ1n) is 10.6.